The highest BCUT2D eigenvalue weighted by Gasteiger charge is 2.36. The molecule has 1 fully saturated rings. The number of pyridine rings is 1. The topological polar surface area (TPSA) is 68.5 Å². The van der Waals surface area contributed by atoms with Gasteiger partial charge in [0, 0.05) is 50.0 Å². The van der Waals surface area contributed by atoms with Crippen LogP contribution >= 0.6 is 0 Å². The molecule has 24 heavy (non-hydrogen) atoms. The molecule has 0 bridgehead atoms. The summed E-state index contributed by atoms with van der Waals surface area (Å²) in [4.78, 5) is 18.8. The molecule has 1 saturated heterocycles. The van der Waals surface area contributed by atoms with Crippen molar-refractivity contribution in [3.8, 4) is 0 Å². The van der Waals surface area contributed by atoms with Gasteiger partial charge >= 0.3 is 0 Å². The molecule has 1 amide bonds. The lowest BCUT2D eigenvalue weighted by atomic mass is 9.90. The van der Waals surface area contributed by atoms with Crippen LogP contribution in [0.25, 0.3) is 0 Å². The average molecular weight is 329 g/mol. The van der Waals surface area contributed by atoms with Crippen molar-refractivity contribution in [2.75, 3.05) is 26.8 Å². The lowest BCUT2D eigenvalue weighted by molar-refractivity contribution is -0.129. The summed E-state index contributed by atoms with van der Waals surface area (Å²) in [6.45, 7) is 5.78. The smallest absolute Gasteiger partial charge is 0.227 e. The number of hydrogen-bond acceptors (Lipinski definition) is 5. The number of carbonyl (C=O) groups excluding carboxylic acids is 1. The van der Waals surface area contributed by atoms with Gasteiger partial charge in [-0.2, -0.15) is 0 Å². The Morgan fingerprint density at radius 3 is 2.71 bits per heavy atom. The van der Waals surface area contributed by atoms with Gasteiger partial charge in [-0.05, 0) is 31.5 Å². The van der Waals surface area contributed by atoms with Crippen molar-refractivity contribution < 1.29 is 14.1 Å². The van der Waals surface area contributed by atoms with Crippen molar-refractivity contribution in [3.05, 3.63) is 47.1 Å². The highest BCUT2D eigenvalue weighted by molar-refractivity contribution is 5.79. The van der Waals surface area contributed by atoms with Gasteiger partial charge < -0.3 is 14.2 Å². The van der Waals surface area contributed by atoms with E-state index in [2.05, 4.69) is 10.1 Å². The van der Waals surface area contributed by atoms with E-state index in [0.717, 1.165) is 17.0 Å². The first kappa shape index (κ1) is 16.6. The van der Waals surface area contributed by atoms with E-state index in [1.54, 1.807) is 19.5 Å². The number of methoxy groups -OCH3 is 1. The Morgan fingerprint density at radius 2 is 2.08 bits per heavy atom. The van der Waals surface area contributed by atoms with Gasteiger partial charge in [-0.25, -0.2) is 0 Å². The fourth-order valence-electron chi connectivity index (χ4n) is 3.46. The molecular formula is C18H23N3O3. The highest BCUT2D eigenvalue weighted by atomic mass is 16.5. The van der Waals surface area contributed by atoms with Gasteiger partial charge in [-0.3, -0.25) is 9.78 Å². The zero-order valence-corrected chi connectivity index (χ0v) is 14.4. The molecule has 0 aromatic carbocycles. The van der Waals surface area contributed by atoms with Crippen LogP contribution in [0, 0.1) is 19.8 Å². The molecule has 1 aliphatic rings. The van der Waals surface area contributed by atoms with Gasteiger partial charge in [-0.1, -0.05) is 5.16 Å². The summed E-state index contributed by atoms with van der Waals surface area (Å²) in [7, 11) is 1.71. The second-order valence-corrected chi connectivity index (χ2v) is 6.38. The molecule has 6 nitrogen and oxygen atoms in total. The summed E-state index contributed by atoms with van der Waals surface area (Å²) >= 11 is 0. The van der Waals surface area contributed by atoms with E-state index in [-0.39, 0.29) is 11.8 Å². The molecule has 0 unspecified atom stereocenters. The molecule has 2 aromatic heterocycles. The summed E-state index contributed by atoms with van der Waals surface area (Å²) in [5, 5.41) is 3.93. The van der Waals surface area contributed by atoms with Crippen LogP contribution in [-0.4, -0.2) is 47.8 Å². The fourth-order valence-corrected chi connectivity index (χ4v) is 3.46. The largest absolute Gasteiger partial charge is 0.384 e. The van der Waals surface area contributed by atoms with Crippen molar-refractivity contribution in [3.63, 3.8) is 0 Å². The van der Waals surface area contributed by atoms with E-state index in [0.29, 0.717) is 32.0 Å². The van der Waals surface area contributed by atoms with E-state index in [9.17, 15) is 4.79 Å². The lowest BCUT2D eigenvalue weighted by Gasteiger charge is -2.17. The summed E-state index contributed by atoms with van der Waals surface area (Å²) in [6.07, 6.45) is 3.94. The molecule has 0 aliphatic carbocycles. The van der Waals surface area contributed by atoms with Crippen LogP contribution in [0.4, 0.5) is 0 Å². The van der Waals surface area contributed by atoms with Gasteiger partial charge in [-0.15, -0.1) is 0 Å². The van der Waals surface area contributed by atoms with E-state index in [1.807, 2.05) is 30.9 Å². The van der Waals surface area contributed by atoms with Crippen LogP contribution in [-0.2, 0) is 16.0 Å². The minimum absolute atomic E-state index is 0.113. The third-order valence-electron chi connectivity index (χ3n) is 4.82. The number of likely N-dealkylation sites (tertiary alicyclic amines) is 1. The number of hydrogen-bond donors (Lipinski definition) is 0. The fraction of sp³-hybridized carbons (Fsp3) is 0.500. The predicted octanol–water partition coefficient (Wildman–Crippen LogP) is 2.12. The minimum Gasteiger partial charge on any atom is -0.384 e. The molecule has 3 rings (SSSR count). The Labute approximate surface area is 141 Å². The Bertz CT molecular complexity index is 679. The Balaban J connectivity index is 1.74. The van der Waals surface area contributed by atoms with Crippen molar-refractivity contribution >= 4 is 5.91 Å². The number of aryl methyl sites for hydroxylation is 2. The summed E-state index contributed by atoms with van der Waals surface area (Å²) in [6, 6.07) is 4.05. The zero-order chi connectivity index (χ0) is 17.1. The zero-order valence-electron chi connectivity index (χ0n) is 14.4. The Morgan fingerprint density at radius 1 is 1.33 bits per heavy atom. The molecule has 0 N–H and O–H groups in total. The van der Waals surface area contributed by atoms with E-state index < -0.39 is 0 Å². The van der Waals surface area contributed by atoms with Gasteiger partial charge in [0.25, 0.3) is 0 Å². The normalized spacial score (nSPS) is 20.5. The predicted molar refractivity (Wildman–Crippen MR) is 88.6 cm³/mol. The van der Waals surface area contributed by atoms with Crippen molar-refractivity contribution in [1.29, 1.82) is 0 Å². The van der Waals surface area contributed by atoms with Crippen molar-refractivity contribution in [2.24, 2.45) is 5.92 Å². The van der Waals surface area contributed by atoms with E-state index in [1.165, 1.54) is 5.56 Å². The van der Waals surface area contributed by atoms with E-state index >= 15 is 0 Å². The van der Waals surface area contributed by atoms with Crippen LogP contribution in [0.15, 0.2) is 29.0 Å². The van der Waals surface area contributed by atoms with Crippen molar-refractivity contribution in [2.45, 2.75) is 26.2 Å². The van der Waals surface area contributed by atoms with Crippen LogP contribution in [0.3, 0.4) is 0 Å². The number of rotatable bonds is 5. The summed E-state index contributed by atoms with van der Waals surface area (Å²) in [5.74, 6) is 1.41. The molecule has 2 aromatic rings. The Kier molecular flexibility index (Phi) is 4.94. The summed E-state index contributed by atoms with van der Waals surface area (Å²) < 4.78 is 10.5. The maximum absolute atomic E-state index is 12.7. The first-order chi connectivity index (χ1) is 11.6. The summed E-state index contributed by atoms with van der Waals surface area (Å²) in [5.41, 5.74) is 2.90. The molecule has 3 heterocycles. The molecule has 6 heteroatoms. The number of nitrogens with zero attached hydrogens (tertiary/aromatic N) is 3. The molecule has 0 spiro atoms. The second-order valence-electron chi connectivity index (χ2n) is 6.38. The lowest BCUT2D eigenvalue weighted by Crippen LogP contribution is -2.31. The van der Waals surface area contributed by atoms with Crippen LogP contribution in [0.2, 0.25) is 0 Å². The SMILES string of the molecule is COC[C@@H]1CN(C(=O)Cc2c(C)noc2C)C[C@H]1c1ccncc1. The van der Waals surface area contributed by atoms with Gasteiger partial charge in [0.05, 0.1) is 18.7 Å². The molecule has 128 valence electrons. The molecule has 1 aliphatic heterocycles. The van der Waals surface area contributed by atoms with Gasteiger partial charge in [0.2, 0.25) is 5.91 Å². The molecule has 2 atom stereocenters. The maximum atomic E-state index is 12.7. The molecule has 0 saturated carbocycles. The Hall–Kier alpha value is -2.21. The standard InChI is InChI=1S/C18H23N3O3/c1-12-16(13(2)24-20-12)8-18(22)21-9-15(11-23-3)17(10-21)14-4-6-19-7-5-14/h4-7,15,17H,8-11H2,1-3H3/t15-,17-/m0/s1. The molecular weight excluding hydrogens is 306 g/mol. The maximum Gasteiger partial charge on any atom is 0.227 e. The second kappa shape index (κ2) is 7.13. The van der Waals surface area contributed by atoms with Crippen LogP contribution < -0.4 is 0 Å². The first-order valence-corrected chi connectivity index (χ1v) is 8.18. The average Bonchev–Trinajstić information content (AvgIpc) is 3.15. The van der Waals surface area contributed by atoms with Gasteiger partial charge in [0.1, 0.15) is 5.76 Å². The number of carbonyl (C=O) groups is 1. The molecule has 0 radical (unpaired) electrons. The third kappa shape index (κ3) is 3.33. The third-order valence-corrected chi connectivity index (χ3v) is 4.82. The monoisotopic (exact) mass is 329 g/mol. The van der Waals surface area contributed by atoms with Crippen LogP contribution in [0.1, 0.15) is 28.5 Å². The number of ether oxygens (including phenoxy) is 1. The minimum atomic E-state index is 0.113. The van der Waals surface area contributed by atoms with E-state index in [4.69, 9.17) is 9.26 Å². The number of amides is 1. The van der Waals surface area contributed by atoms with Gasteiger partial charge in [0.15, 0.2) is 0 Å². The van der Waals surface area contributed by atoms with Crippen molar-refractivity contribution in [1.82, 2.24) is 15.0 Å². The first-order valence-electron chi connectivity index (χ1n) is 8.18. The highest BCUT2D eigenvalue weighted by Crippen LogP contribution is 2.33. The number of aromatic nitrogens is 2. The quantitative estimate of drug-likeness (QED) is 0.840. The van der Waals surface area contributed by atoms with Crippen LogP contribution in [0.5, 0.6) is 0 Å².